The number of carbonyl (C=O) groups is 12. The number of hydrogen-bond acceptors (Lipinski definition) is 17. The molecule has 554 valence electrons. The van der Waals surface area contributed by atoms with Crippen LogP contribution in [0.3, 0.4) is 0 Å². The molecule has 5 aromatic carbocycles. The number of fused-ring (bicyclic) bond motifs is 3. The van der Waals surface area contributed by atoms with Gasteiger partial charge in [-0.2, -0.15) is 0 Å². The van der Waals surface area contributed by atoms with E-state index in [1.807, 2.05) is 123 Å². The standard InChI is InChI=1S/C14H16N2O3.C12H14N2O3.C12H13NO3.C11H11NO3.C9H12N2.C5H6O4.C4H5ClO3.6CH4/c1-15-8-9-16(11-5-3-2-4-10(11)15)12(17)14(6-7-14)13(18)19;1-13-6-7-14(11(15)8-12(16)17)10-5-3-2-4-9(10)13;1-12(11(15)16)7-8-13(10(12)14)9-5-3-2-4-6-9;13-10-9(11(14)15)6-7-12(10)8-4-2-1-3-5-8;1-11-7-6-10-8-4-2-3-5-9(8)11;6-3(7)5(1-2-5)4(8)9;1-8-4(7)2-3(5)6;;;;;;/h2-5H,6-9H2,1H3,(H,18,19);2-5H,6-8H2,1H3,(H,16,17);2-6H,7-8H2,1H3,(H,15,16);1-5,9H,6-7H2,(H,14,15);2-5,10H,6-7H2,1H3;1-2H2,(H,6,7)(H,8,9);2H2,1H3;6*1H4. The summed E-state index contributed by atoms with van der Waals surface area (Å²) in [5.41, 5.74) is 3.77. The third-order valence-corrected chi connectivity index (χ3v) is 16.9. The van der Waals surface area contributed by atoms with E-state index < -0.39 is 75.6 Å². The summed E-state index contributed by atoms with van der Waals surface area (Å²) in [6.45, 7) is 7.08. The minimum Gasteiger partial charge on any atom is -0.481 e. The second-order valence-corrected chi connectivity index (χ2v) is 23.6. The van der Waals surface area contributed by atoms with Gasteiger partial charge in [0.15, 0.2) is 5.41 Å². The molecule has 5 aromatic rings. The molecule has 2 saturated heterocycles. The van der Waals surface area contributed by atoms with E-state index in [0.29, 0.717) is 58.4 Å². The van der Waals surface area contributed by atoms with Crippen molar-refractivity contribution in [3.05, 3.63) is 133 Å². The maximum atomic E-state index is 12.5. The molecule has 0 aromatic heterocycles. The van der Waals surface area contributed by atoms with Crippen LogP contribution in [0.1, 0.15) is 103 Å². The molecule has 28 heteroatoms. The van der Waals surface area contributed by atoms with Gasteiger partial charge >= 0.3 is 41.8 Å². The van der Waals surface area contributed by atoms with Crippen molar-refractivity contribution in [2.24, 2.45) is 22.2 Å². The Hall–Kier alpha value is -10.6. The van der Waals surface area contributed by atoms with Gasteiger partial charge in [-0.1, -0.05) is 117 Å². The number of carboxylic acid groups (broad SMARTS) is 6. The van der Waals surface area contributed by atoms with Gasteiger partial charge in [0.1, 0.15) is 29.6 Å². The Morgan fingerprint density at radius 1 is 0.485 bits per heavy atom. The van der Waals surface area contributed by atoms with Crippen molar-refractivity contribution in [2.45, 2.75) is 103 Å². The van der Waals surface area contributed by atoms with Crippen molar-refractivity contribution in [2.75, 3.05) is 120 Å². The first-order valence-electron chi connectivity index (χ1n) is 30.2. The molecular weight excluding hydrogens is 1330 g/mol. The molecule has 4 fully saturated rings. The molecule has 5 aliphatic heterocycles. The fourth-order valence-corrected chi connectivity index (χ4v) is 10.7. The lowest BCUT2D eigenvalue weighted by molar-refractivity contribution is -0.157. The number of aliphatic carboxylic acids is 6. The number of carbonyl (C=O) groups excluding carboxylic acids is 6. The number of hydrogen-bond donors (Lipinski definition) is 7. The lowest BCUT2D eigenvalue weighted by atomic mass is 9.89. The zero-order valence-corrected chi connectivity index (χ0v) is 53.8. The molecule has 7 aliphatic rings. The monoisotopic (exact) mass is 1430 g/mol. The Bertz CT molecular complexity index is 3630. The molecule has 27 nitrogen and oxygen atoms in total. The quantitative estimate of drug-likeness (QED) is 0.0347. The third-order valence-electron chi connectivity index (χ3n) is 16.7. The smallest absolute Gasteiger partial charge is 0.321 e. The highest BCUT2D eigenvalue weighted by Gasteiger charge is 2.59. The molecule has 2 saturated carbocycles. The molecule has 7 N–H and O–H groups in total. The van der Waals surface area contributed by atoms with Gasteiger partial charge in [-0.25, -0.2) is 0 Å². The molecule has 101 heavy (non-hydrogen) atoms. The summed E-state index contributed by atoms with van der Waals surface area (Å²) in [5.74, 6) is -9.33. The van der Waals surface area contributed by atoms with Crippen LogP contribution in [-0.4, -0.2) is 182 Å². The number of anilines is 8. The number of carboxylic acids is 6. The van der Waals surface area contributed by atoms with Crippen molar-refractivity contribution in [3.63, 3.8) is 0 Å². The first kappa shape index (κ1) is 90.4. The van der Waals surface area contributed by atoms with E-state index in [1.54, 1.807) is 9.80 Å². The van der Waals surface area contributed by atoms with Crippen molar-refractivity contribution < 1.29 is 92.9 Å². The van der Waals surface area contributed by atoms with Crippen molar-refractivity contribution >= 4 is 128 Å². The normalized spacial score (nSPS) is 17.4. The number of likely N-dealkylation sites (N-methyl/N-ethyl adjacent to an activating group) is 3. The van der Waals surface area contributed by atoms with Crippen molar-refractivity contribution in [3.8, 4) is 0 Å². The van der Waals surface area contributed by atoms with Gasteiger partial charge in [-0.15, -0.1) is 0 Å². The van der Waals surface area contributed by atoms with E-state index in [2.05, 4.69) is 56.1 Å². The summed E-state index contributed by atoms with van der Waals surface area (Å²) < 4.78 is 4.12. The minimum atomic E-state index is -1.42. The number of amides is 4. The van der Waals surface area contributed by atoms with Crippen LogP contribution in [0.15, 0.2) is 133 Å². The van der Waals surface area contributed by atoms with Crippen molar-refractivity contribution in [1.82, 2.24) is 0 Å². The minimum absolute atomic E-state index is 0. The van der Waals surface area contributed by atoms with Crippen molar-refractivity contribution in [1.29, 1.82) is 0 Å². The first-order chi connectivity index (χ1) is 45.0. The second kappa shape index (κ2) is 40.5. The van der Waals surface area contributed by atoms with Gasteiger partial charge in [-0.3, -0.25) is 57.5 Å². The number of esters is 1. The fourth-order valence-electron chi connectivity index (χ4n) is 10.5. The van der Waals surface area contributed by atoms with Crippen LogP contribution in [0.25, 0.3) is 0 Å². The maximum Gasteiger partial charge on any atom is 0.321 e. The summed E-state index contributed by atoms with van der Waals surface area (Å²) in [4.78, 5) is 145. The molecule has 0 radical (unpaired) electrons. The molecule has 0 spiro atoms. The van der Waals surface area contributed by atoms with Crippen LogP contribution in [-0.2, 0) is 62.3 Å². The number of para-hydroxylation sites is 8. The molecule has 5 heterocycles. The zero-order valence-electron chi connectivity index (χ0n) is 53.1. The lowest BCUT2D eigenvalue weighted by Gasteiger charge is -2.36. The summed E-state index contributed by atoms with van der Waals surface area (Å²) in [7, 11) is 7.25. The molecule has 12 rings (SSSR count). The van der Waals surface area contributed by atoms with Crippen LogP contribution in [0, 0.1) is 22.2 Å². The number of ether oxygens (including phenoxy) is 1. The Labute approximate surface area is 596 Å². The molecular formula is C73H101ClN8O19. The maximum absolute atomic E-state index is 12.5. The highest BCUT2D eigenvalue weighted by Crippen LogP contribution is 2.49. The first-order valence-corrected chi connectivity index (χ1v) is 30.6. The fraction of sp³-hybridized carbons (Fsp3) is 0.425. The van der Waals surface area contributed by atoms with Gasteiger partial charge in [0, 0.05) is 84.9 Å². The Balaban J connectivity index is 0.00000116. The predicted molar refractivity (Wildman–Crippen MR) is 392 cm³/mol. The summed E-state index contributed by atoms with van der Waals surface area (Å²) in [6.07, 6.45) is 1.40. The third kappa shape index (κ3) is 22.7. The van der Waals surface area contributed by atoms with E-state index in [9.17, 15) is 62.6 Å². The average molecular weight is 1430 g/mol. The average Bonchev–Trinajstić information content (AvgIpc) is 1.62. The molecule has 2 unspecified atom stereocenters. The van der Waals surface area contributed by atoms with E-state index in [-0.39, 0.29) is 87.5 Å². The lowest BCUT2D eigenvalue weighted by Crippen LogP contribution is -2.47. The zero-order chi connectivity index (χ0) is 70.0. The van der Waals surface area contributed by atoms with Crippen LogP contribution in [0.4, 0.5) is 45.5 Å². The van der Waals surface area contributed by atoms with E-state index in [1.165, 1.54) is 35.2 Å². The van der Waals surface area contributed by atoms with Gasteiger partial charge in [-0.05, 0) is 118 Å². The van der Waals surface area contributed by atoms with Crippen LogP contribution in [0.5, 0.6) is 0 Å². The van der Waals surface area contributed by atoms with Gasteiger partial charge < -0.3 is 75.0 Å². The largest absolute Gasteiger partial charge is 0.481 e. The summed E-state index contributed by atoms with van der Waals surface area (Å²) in [6, 6.07) is 41.8. The van der Waals surface area contributed by atoms with E-state index in [0.717, 1.165) is 53.8 Å². The number of rotatable bonds is 12. The number of halogens is 1. The summed E-state index contributed by atoms with van der Waals surface area (Å²) >= 11 is 4.81. The molecule has 2 atom stereocenters. The Morgan fingerprint density at radius 2 is 0.901 bits per heavy atom. The van der Waals surface area contributed by atoms with Crippen LogP contribution >= 0.6 is 11.6 Å². The molecule has 4 amide bonds. The number of benzene rings is 5. The van der Waals surface area contributed by atoms with E-state index >= 15 is 0 Å². The van der Waals surface area contributed by atoms with Crippen LogP contribution < -0.4 is 39.6 Å². The Kier molecular flexibility index (Phi) is 36.2. The van der Waals surface area contributed by atoms with Crippen LogP contribution in [0.2, 0.25) is 0 Å². The topological polar surface area (TPSA) is 370 Å². The number of methoxy groups -OCH3 is 1. The molecule has 0 bridgehead atoms. The van der Waals surface area contributed by atoms with E-state index in [4.69, 9.17) is 37.1 Å². The SMILES string of the molecule is C.C.C.C.C.C.CC1(C(=O)O)CCN(c2ccccc2)C1=O.CN1CCN(C(=O)C2(C(=O)O)CC2)c2ccccc21.CN1CCN(C(=O)CC(=O)O)c2ccccc21.CN1CCNc2ccccc21.COC(=O)CC(=O)Cl.O=C(O)C1(C(=O)O)CC1.O=C(O)C1CCN(c2ccccc2)C1=O. The predicted octanol–water partition coefficient (Wildman–Crippen LogP) is 10.5. The molecule has 2 aliphatic carbocycles. The Morgan fingerprint density at radius 3 is 1.28 bits per heavy atom. The highest BCUT2D eigenvalue weighted by atomic mass is 35.5. The second-order valence-electron chi connectivity index (χ2n) is 23.1. The summed E-state index contributed by atoms with van der Waals surface area (Å²) in [5, 5.41) is 55.0. The highest BCUT2D eigenvalue weighted by molar-refractivity contribution is 6.64. The van der Waals surface area contributed by atoms with Gasteiger partial charge in [0.05, 0.1) is 41.2 Å². The number of nitrogens with zero attached hydrogens (tertiary/aromatic N) is 7. The van der Waals surface area contributed by atoms with Gasteiger partial charge in [0.2, 0.25) is 28.9 Å². The van der Waals surface area contributed by atoms with Gasteiger partial charge in [0.25, 0.3) is 0 Å². The number of nitrogens with one attached hydrogen (secondary N) is 1.